The number of esters is 1. The topological polar surface area (TPSA) is 35.5 Å². The number of alkyl halides is 2. The van der Waals surface area contributed by atoms with E-state index < -0.39 is 11.9 Å². The molecule has 92 valence electrons. The summed E-state index contributed by atoms with van der Waals surface area (Å²) in [6.07, 6.45) is 1.63. The Balaban J connectivity index is 2.86. The molecule has 0 N–H and O–H groups in total. The predicted octanol–water partition coefficient (Wildman–Crippen LogP) is 2.52. The molecule has 0 aliphatic heterocycles. The minimum absolute atomic E-state index is 0.494. The molecule has 5 heteroatoms. The van der Waals surface area contributed by atoms with Crippen LogP contribution < -0.4 is 4.74 Å². The van der Waals surface area contributed by atoms with Crippen molar-refractivity contribution in [2.24, 2.45) is 0 Å². The zero-order chi connectivity index (χ0) is 12.9. The molecule has 0 heterocycles. The summed E-state index contributed by atoms with van der Waals surface area (Å²) in [6, 6.07) is 6.54. The minimum Gasteiger partial charge on any atom is -0.497 e. The van der Waals surface area contributed by atoms with Gasteiger partial charge in [-0.3, -0.25) is 0 Å². The Bertz CT molecular complexity index is 428. The molecule has 0 amide bonds. The van der Waals surface area contributed by atoms with E-state index in [9.17, 15) is 13.6 Å². The lowest BCUT2D eigenvalue weighted by molar-refractivity contribution is -0.161. The van der Waals surface area contributed by atoms with Crippen LogP contribution in [0.3, 0.4) is 0 Å². The first-order chi connectivity index (χ1) is 7.99. The molecule has 0 saturated carbocycles. The highest BCUT2D eigenvalue weighted by Gasteiger charge is 2.36. The van der Waals surface area contributed by atoms with Gasteiger partial charge in [0.15, 0.2) is 0 Å². The largest absolute Gasteiger partial charge is 0.497 e. The summed E-state index contributed by atoms with van der Waals surface area (Å²) in [6.45, 7) is 0. The zero-order valence-corrected chi connectivity index (χ0v) is 9.44. The van der Waals surface area contributed by atoms with E-state index in [2.05, 4.69) is 4.74 Å². The molecule has 0 spiro atoms. The third-order valence-corrected chi connectivity index (χ3v) is 2.04. The molecule has 0 aliphatic rings. The van der Waals surface area contributed by atoms with E-state index in [-0.39, 0.29) is 0 Å². The van der Waals surface area contributed by atoms with Gasteiger partial charge in [0, 0.05) is 0 Å². The number of carbonyl (C=O) groups excluding carboxylic acids is 1. The summed E-state index contributed by atoms with van der Waals surface area (Å²) in [4.78, 5) is 10.7. The van der Waals surface area contributed by atoms with Gasteiger partial charge >= 0.3 is 11.9 Å². The van der Waals surface area contributed by atoms with Crippen LogP contribution in [0.5, 0.6) is 5.75 Å². The number of hydrogen-bond donors (Lipinski definition) is 0. The summed E-state index contributed by atoms with van der Waals surface area (Å²) >= 11 is 0. The molecule has 1 aromatic rings. The van der Waals surface area contributed by atoms with Crippen LogP contribution in [0.15, 0.2) is 30.3 Å². The maximum Gasteiger partial charge on any atom is 0.381 e. The first-order valence-corrected chi connectivity index (χ1v) is 4.79. The van der Waals surface area contributed by atoms with Gasteiger partial charge in [-0.05, 0) is 23.8 Å². The zero-order valence-electron chi connectivity index (χ0n) is 9.44. The van der Waals surface area contributed by atoms with Gasteiger partial charge < -0.3 is 9.47 Å². The number of hydrogen-bond acceptors (Lipinski definition) is 3. The van der Waals surface area contributed by atoms with Crippen LogP contribution in [0.25, 0.3) is 6.08 Å². The summed E-state index contributed by atoms with van der Waals surface area (Å²) in [5.74, 6) is -4.66. The lowest BCUT2D eigenvalue weighted by atomic mass is 10.1. The van der Waals surface area contributed by atoms with Crippen LogP contribution >= 0.6 is 0 Å². The van der Waals surface area contributed by atoms with Crippen LogP contribution in [0.1, 0.15) is 5.56 Å². The van der Waals surface area contributed by atoms with Gasteiger partial charge in [-0.2, -0.15) is 8.78 Å². The monoisotopic (exact) mass is 242 g/mol. The normalized spacial score (nSPS) is 11.5. The highest BCUT2D eigenvalue weighted by atomic mass is 19.3. The molecule has 1 rings (SSSR count). The van der Waals surface area contributed by atoms with Crippen LogP contribution in [0, 0.1) is 0 Å². The Kier molecular flexibility index (Phi) is 4.20. The Morgan fingerprint density at radius 2 is 2.06 bits per heavy atom. The molecule has 0 aromatic heterocycles. The van der Waals surface area contributed by atoms with E-state index in [1.54, 1.807) is 24.3 Å². The highest BCUT2D eigenvalue weighted by Crippen LogP contribution is 2.20. The number of benzene rings is 1. The molecule has 0 radical (unpaired) electrons. The third kappa shape index (κ3) is 3.55. The van der Waals surface area contributed by atoms with Gasteiger partial charge in [-0.1, -0.05) is 18.2 Å². The van der Waals surface area contributed by atoms with Gasteiger partial charge in [0.25, 0.3) is 0 Å². The van der Waals surface area contributed by atoms with Crippen LogP contribution in [0.4, 0.5) is 8.78 Å². The van der Waals surface area contributed by atoms with Crippen molar-refractivity contribution >= 4 is 12.0 Å². The molecule has 3 nitrogen and oxygen atoms in total. The van der Waals surface area contributed by atoms with E-state index in [1.165, 1.54) is 7.11 Å². The second-order valence-electron chi connectivity index (χ2n) is 3.22. The minimum atomic E-state index is -3.63. The Morgan fingerprint density at radius 3 is 2.65 bits per heavy atom. The first kappa shape index (κ1) is 13.2. The van der Waals surface area contributed by atoms with Gasteiger partial charge in [0.1, 0.15) is 5.75 Å². The van der Waals surface area contributed by atoms with Crippen molar-refractivity contribution in [2.45, 2.75) is 5.92 Å². The number of halogens is 2. The highest BCUT2D eigenvalue weighted by molar-refractivity contribution is 5.81. The van der Waals surface area contributed by atoms with Crippen LogP contribution in [0.2, 0.25) is 0 Å². The van der Waals surface area contributed by atoms with E-state index in [0.717, 1.165) is 13.2 Å². The SMILES string of the molecule is COC(=O)C(F)(F)/C=C/c1cccc(OC)c1. The summed E-state index contributed by atoms with van der Waals surface area (Å²) in [5, 5.41) is 0. The second-order valence-corrected chi connectivity index (χ2v) is 3.22. The van der Waals surface area contributed by atoms with Crippen LogP contribution in [-0.2, 0) is 9.53 Å². The quantitative estimate of drug-likeness (QED) is 0.761. The van der Waals surface area contributed by atoms with Crippen molar-refractivity contribution in [3.63, 3.8) is 0 Å². The fraction of sp³-hybridized carbons (Fsp3) is 0.250. The van der Waals surface area contributed by atoms with Crippen LogP contribution in [-0.4, -0.2) is 26.1 Å². The average molecular weight is 242 g/mol. The van der Waals surface area contributed by atoms with Gasteiger partial charge in [-0.25, -0.2) is 4.79 Å². The van der Waals surface area contributed by atoms with Crippen molar-refractivity contribution < 1.29 is 23.0 Å². The lowest BCUT2D eigenvalue weighted by Gasteiger charge is -2.08. The van der Waals surface area contributed by atoms with E-state index >= 15 is 0 Å². The molecule has 0 saturated heterocycles. The fourth-order valence-corrected chi connectivity index (χ4v) is 1.15. The Labute approximate surface area is 97.7 Å². The smallest absolute Gasteiger partial charge is 0.381 e. The number of rotatable bonds is 4. The van der Waals surface area contributed by atoms with Crippen molar-refractivity contribution in [3.05, 3.63) is 35.9 Å². The van der Waals surface area contributed by atoms with E-state index in [4.69, 9.17) is 4.74 Å². The number of ether oxygens (including phenoxy) is 2. The average Bonchev–Trinajstić information content (AvgIpc) is 2.35. The van der Waals surface area contributed by atoms with Crippen molar-refractivity contribution in [1.29, 1.82) is 0 Å². The molecule has 17 heavy (non-hydrogen) atoms. The molecular formula is C12H12F2O3. The molecule has 0 bridgehead atoms. The summed E-state index contributed by atoms with van der Waals surface area (Å²) < 4.78 is 35.1. The Hall–Kier alpha value is -1.91. The van der Waals surface area contributed by atoms with Gasteiger partial charge in [-0.15, -0.1) is 0 Å². The molecule has 0 fully saturated rings. The molecule has 0 atom stereocenters. The molecule has 1 aromatic carbocycles. The standard InChI is InChI=1S/C12H12F2O3/c1-16-10-5-3-4-9(8-10)6-7-12(13,14)11(15)17-2/h3-8H,1-2H3/b7-6+. The maximum atomic E-state index is 13.1. The number of carbonyl (C=O) groups is 1. The van der Waals surface area contributed by atoms with E-state index in [1.807, 2.05) is 0 Å². The first-order valence-electron chi connectivity index (χ1n) is 4.79. The third-order valence-electron chi connectivity index (χ3n) is 2.04. The Morgan fingerprint density at radius 1 is 1.35 bits per heavy atom. The number of methoxy groups -OCH3 is 2. The molecule has 0 aliphatic carbocycles. The van der Waals surface area contributed by atoms with E-state index in [0.29, 0.717) is 17.4 Å². The fourth-order valence-electron chi connectivity index (χ4n) is 1.15. The van der Waals surface area contributed by atoms with Crippen molar-refractivity contribution in [1.82, 2.24) is 0 Å². The summed E-state index contributed by atoms with van der Waals surface area (Å²) in [7, 11) is 2.39. The van der Waals surface area contributed by atoms with Gasteiger partial charge in [0.05, 0.1) is 14.2 Å². The second kappa shape index (κ2) is 5.43. The molecule has 0 unspecified atom stereocenters. The predicted molar refractivity (Wildman–Crippen MR) is 59.0 cm³/mol. The van der Waals surface area contributed by atoms with Crippen molar-refractivity contribution in [3.8, 4) is 5.75 Å². The van der Waals surface area contributed by atoms with Crippen molar-refractivity contribution in [2.75, 3.05) is 14.2 Å². The maximum absolute atomic E-state index is 13.1. The summed E-state index contributed by atoms with van der Waals surface area (Å²) in [5.41, 5.74) is 0.507. The lowest BCUT2D eigenvalue weighted by Crippen LogP contribution is -2.27. The molecular weight excluding hydrogens is 230 g/mol. The van der Waals surface area contributed by atoms with Gasteiger partial charge in [0.2, 0.25) is 0 Å².